The molecule has 1 aromatic carbocycles. The molecule has 22 heavy (non-hydrogen) atoms. The minimum absolute atomic E-state index is 0.579. The van der Waals surface area contributed by atoms with E-state index in [-0.39, 0.29) is 0 Å². The highest BCUT2D eigenvalue weighted by Gasteiger charge is 2.09. The Bertz CT molecular complexity index is 781. The zero-order valence-corrected chi connectivity index (χ0v) is 12.0. The first-order chi connectivity index (χ1) is 10.9. The zero-order valence-electron chi connectivity index (χ0n) is 12.0. The van der Waals surface area contributed by atoms with Gasteiger partial charge in [-0.15, -0.1) is 0 Å². The van der Waals surface area contributed by atoms with Crippen molar-refractivity contribution in [1.29, 1.82) is 0 Å². The highest BCUT2D eigenvalue weighted by Crippen LogP contribution is 2.22. The molecule has 3 N–H and O–H groups in total. The molecule has 0 saturated heterocycles. The summed E-state index contributed by atoms with van der Waals surface area (Å²) in [5.41, 5.74) is 5.44. The number of hydrogen-bond donors (Lipinski definition) is 3. The third-order valence-electron chi connectivity index (χ3n) is 3.78. The van der Waals surface area contributed by atoms with Gasteiger partial charge in [0.15, 0.2) is 0 Å². The molecular weight excluding hydrogens is 276 g/mol. The van der Waals surface area contributed by atoms with Crippen molar-refractivity contribution in [2.45, 2.75) is 13.0 Å². The number of nitrogens with zero attached hydrogens (tertiary/aromatic N) is 3. The standard InChI is InChI=1S/C16H16N6/c1-2-13(9-12-10-17-6-3-11(1)12)20-16-18-7-4-14(21-16)15-5-8-19-22-15/h1-2,4-5,7-9,17H,3,6,10H2,(H,19,22)(H,18,20,21). The summed E-state index contributed by atoms with van der Waals surface area (Å²) < 4.78 is 0. The predicted octanol–water partition coefficient (Wildman–Crippen LogP) is 2.26. The van der Waals surface area contributed by atoms with E-state index in [0.717, 1.165) is 36.6 Å². The van der Waals surface area contributed by atoms with E-state index in [1.165, 1.54) is 11.1 Å². The second kappa shape index (κ2) is 5.57. The van der Waals surface area contributed by atoms with Crippen molar-refractivity contribution in [3.8, 4) is 11.4 Å². The lowest BCUT2D eigenvalue weighted by Gasteiger charge is -2.18. The lowest BCUT2D eigenvalue weighted by Crippen LogP contribution is -2.23. The van der Waals surface area contributed by atoms with Gasteiger partial charge >= 0.3 is 0 Å². The maximum absolute atomic E-state index is 4.51. The van der Waals surface area contributed by atoms with Crippen LogP contribution in [-0.2, 0) is 13.0 Å². The molecule has 4 rings (SSSR count). The molecule has 0 radical (unpaired) electrons. The summed E-state index contributed by atoms with van der Waals surface area (Å²) in [6.45, 7) is 1.97. The first-order valence-electron chi connectivity index (χ1n) is 7.31. The van der Waals surface area contributed by atoms with Gasteiger partial charge in [-0.05, 0) is 48.4 Å². The van der Waals surface area contributed by atoms with E-state index in [2.05, 4.69) is 49.0 Å². The molecule has 1 aliphatic heterocycles. The topological polar surface area (TPSA) is 78.5 Å². The first-order valence-corrected chi connectivity index (χ1v) is 7.31. The van der Waals surface area contributed by atoms with Crippen LogP contribution in [0.15, 0.2) is 42.7 Å². The van der Waals surface area contributed by atoms with E-state index in [1.807, 2.05) is 12.1 Å². The van der Waals surface area contributed by atoms with Gasteiger partial charge < -0.3 is 10.6 Å². The Balaban J connectivity index is 1.60. The van der Waals surface area contributed by atoms with Crippen LogP contribution in [0.3, 0.4) is 0 Å². The highest BCUT2D eigenvalue weighted by molar-refractivity contribution is 5.59. The summed E-state index contributed by atoms with van der Waals surface area (Å²) in [6.07, 6.45) is 4.54. The minimum atomic E-state index is 0.579. The van der Waals surface area contributed by atoms with Crippen molar-refractivity contribution in [2.24, 2.45) is 0 Å². The van der Waals surface area contributed by atoms with Gasteiger partial charge in [0, 0.05) is 24.6 Å². The van der Waals surface area contributed by atoms with Crippen molar-refractivity contribution in [3.05, 3.63) is 53.9 Å². The van der Waals surface area contributed by atoms with Crippen LogP contribution in [-0.4, -0.2) is 26.7 Å². The molecule has 0 atom stereocenters. The van der Waals surface area contributed by atoms with E-state index in [9.17, 15) is 0 Å². The van der Waals surface area contributed by atoms with Gasteiger partial charge in [-0.3, -0.25) is 5.10 Å². The molecule has 110 valence electrons. The second-order valence-corrected chi connectivity index (χ2v) is 5.27. The number of fused-ring (bicyclic) bond motifs is 1. The lowest BCUT2D eigenvalue weighted by atomic mass is 10.0. The van der Waals surface area contributed by atoms with Crippen LogP contribution in [0.2, 0.25) is 0 Å². The molecule has 6 heteroatoms. The van der Waals surface area contributed by atoms with Crippen LogP contribution >= 0.6 is 0 Å². The first kappa shape index (κ1) is 13.0. The summed E-state index contributed by atoms with van der Waals surface area (Å²) in [5, 5.41) is 13.5. The van der Waals surface area contributed by atoms with Crippen molar-refractivity contribution >= 4 is 11.6 Å². The van der Waals surface area contributed by atoms with Crippen LogP contribution in [0.4, 0.5) is 11.6 Å². The Morgan fingerprint density at radius 2 is 2.05 bits per heavy atom. The number of hydrogen-bond acceptors (Lipinski definition) is 5. The summed E-state index contributed by atoms with van der Waals surface area (Å²) in [6, 6.07) is 10.2. The maximum atomic E-state index is 4.51. The number of benzene rings is 1. The molecular formula is C16H16N6. The van der Waals surface area contributed by atoms with Crippen molar-refractivity contribution in [1.82, 2.24) is 25.5 Å². The number of aromatic amines is 1. The van der Waals surface area contributed by atoms with Crippen LogP contribution < -0.4 is 10.6 Å². The van der Waals surface area contributed by atoms with E-state index in [4.69, 9.17) is 0 Å². The maximum Gasteiger partial charge on any atom is 0.227 e. The Morgan fingerprint density at radius 3 is 2.95 bits per heavy atom. The molecule has 1 aliphatic rings. The molecule has 0 amide bonds. The number of rotatable bonds is 3. The van der Waals surface area contributed by atoms with Gasteiger partial charge in [0.25, 0.3) is 0 Å². The summed E-state index contributed by atoms with van der Waals surface area (Å²) in [7, 11) is 0. The largest absolute Gasteiger partial charge is 0.324 e. The molecule has 0 aliphatic carbocycles. The van der Waals surface area contributed by atoms with E-state index in [1.54, 1.807) is 12.4 Å². The SMILES string of the molecule is c1cc(-c2ccnc(Nc3ccc4c(c3)CNCC4)n2)[nH]n1. The fraction of sp³-hybridized carbons (Fsp3) is 0.188. The smallest absolute Gasteiger partial charge is 0.227 e. The van der Waals surface area contributed by atoms with E-state index >= 15 is 0 Å². The van der Waals surface area contributed by atoms with Crippen molar-refractivity contribution in [3.63, 3.8) is 0 Å². The average Bonchev–Trinajstić information content (AvgIpc) is 3.10. The monoisotopic (exact) mass is 292 g/mol. The Morgan fingerprint density at radius 1 is 1.05 bits per heavy atom. The Labute approximate surface area is 128 Å². The van der Waals surface area contributed by atoms with Crippen LogP contribution in [0.1, 0.15) is 11.1 Å². The molecule has 0 bridgehead atoms. The quantitative estimate of drug-likeness (QED) is 0.690. The van der Waals surface area contributed by atoms with Crippen LogP contribution in [0, 0.1) is 0 Å². The molecule has 3 heterocycles. The van der Waals surface area contributed by atoms with Gasteiger partial charge in [-0.25, -0.2) is 9.97 Å². The third-order valence-corrected chi connectivity index (χ3v) is 3.78. The minimum Gasteiger partial charge on any atom is -0.324 e. The summed E-state index contributed by atoms with van der Waals surface area (Å²) >= 11 is 0. The van der Waals surface area contributed by atoms with Gasteiger partial charge in [-0.1, -0.05) is 6.07 Å². The number of aromatic nitrogens is 4. The number of anilines is 2. The Hall–Kier alpha value is -2.73. The molecule has 2 aromatic heterocycles. The third kappa shape index (κ3) is 2.56. The van der Waals surface area contributed by atoms with Gasteiger partial charge in [0.05, 0.1) is 11.4 Å². The van der Waals surface area contributed by atoms with Gasteiger partial charge in [0.2, 0.25) is 5.95 Å². The van der Waals surface area contributed by atoms with Crippen molar-refractivity contribution in [2.75, 3.05) is 11.9 Å². The fourth-order valence-electron chi connectivity index (χ4n) is 2.65. The van der Waals surface area contributed by atoms with Gasteiger partial charge in [0.1, 0.15) is 0 Å². The molecule has 0 saturated carbocycles. The molecule has 0 unspecified atom stereocenters. The zero-order chi connectivity index (χ0) is 14.8. The molecule has 0 fully saturated rings. The van der Waals surface area contributed by atoms with E-state index in [0.29, 0.717) is 5.95 Å². The fourth-order valence-corrected chi connectivity index (χ4v) is 2.65. The molecule has 0 spiro atoms. The van der Waals surface area contributed by atoms with Crippen LogP contribution in [0.25, 0.3) is 11.4 Å². The van der Waals surface area contributed by atoms with Crippen molar-refractivity contribution < 1.29 is 0 Å². The number of H-pyrrole nitrogens is 1. The number of nitrogens with one attached hydrogen (secondary N) is 3. The average molecular weight is 292 g/mol. The second-order valence-electron chi connectivity index (χ2n) is 5.27. The van der Waals surface area contributed by atoms with E-state index < -0.39 is 0 Å². The Kier molecular flexibility index (Phi) is 3.29. The van der Waals surface area contributed by atoms with Gasteiger partial charge in [-0.2, -0.15) is 5.10 Å². The highest BCUT2D eigenvalue weighted by atomic mass is 15.1. The summed E-state index contributed by atoms with van der Waals surface area (Å²) in [5.74, 6) is 0.579. The normalized spacial score (nSPS) is 13.6. The predicted molar refractivity (Wildman–Crippen MR) is 84.7 cm³/mol. The summed E-state index contributed by atoms with van der Waals surface area (Å²) in [4.78, 5) is 8.80. The molecule has 3 aromatic rings. The van der Waals surface area contributed by atoms with Crippen LogP contribution in [0.5, 0.6) is 0 Å². The molecule has 6 nitrogen and oxygen atoms in total. The lowest BCUT2D eigenvalue weighted by molar-refractivity contribution is 0.644.